The van der Waals surface area contributed by atoms with Gasteiger partial charge in [-0.15, -0.1) is 0 Å². The standard InChI is InChI=1S/C29H49FO2Si/c1-26(2,3)33(8,9)32-20-14-16-28(6)19(18-20)10-11-21-22-12-13-24(25(30)27(4,5)31)29(22,7)17-15-23(21)28/h10,20-23,31H,11-18H2,1-9H3/t20-,21?,22?,23?,28-,29-/m0/s1. The zero-order valence-corrected chi connectivity index (χ0v) is 23.8. The van der Waals surface area contributed by atoms with Crippen LogP contribution in [0.2, 0.25) is 18.1 Å². The number of rotatable bonds is 3. The fourth-order valence-electron chi connectivity index (χ4n) is 7.86. The summed E-state index contributed by atoms with van der Waals surface area (Å²) in [6.07, 6.45) is 11.7. The molecule has 4 aliphatic carbocycles. The van der Waals surface area contributed by atoms with Gasteiger partial charge in [-0.3, -0.25) is 0 Å². The number of fused-ring (bicyclic) bond motifs is 5. The summed E-state index contributed by atoms with van der Waals surface area (Å²) in [7, 11) is -1.76. The maximum Gasteiger partial charge on any atom is 0.192 e. The normalized spacial score (nSPS) is 41.1. The van der Waals surface area contributed by atoms with Crippen molar-refractivity contribution in [3.8, 4) is 0 Å². The summed E-state index contributed by atoms with van der Waals surface area (Å²) in [6, 6.07) is 0. The van der Waals surface area contributed by atoms with Gasteiger partial charge in [-0.25, -0.2) is 4.39 Å². The summed E-state index contributed by atoms with van der Waals surface area (Å²) in [5.74, 6) is 1.62. The molecule has 0 aliphatic heterocycles. The molecule has 3 fully saturated rings. The lowest BCUT2D eigenvalue weighted by molar-refractivity contribution is -0.0269. The first-order chi connectivity index (χ1) is 15.0. The van der Waals surface area contributed by atoms with Crippen LogP contribution in [0.3, 0.4) is 0 Å². The number of halogens is 1. The molecule has 33 heavy (non-hydrogen) atoms. The molecule has 3 unspecified atom stereocenters. The molecule has 4 aliphatic rings. The molecule has 3 saturated carbocycles. The summed E-state index contributed by atoms with van der Waals surface area (Å²) < 4.78 is 22.1. The van der Waals surface area contributed by atoms with E-state index >= 15 is 4.39 Å². The maximum absolute atomic E-state index is 15.3. The van der Waals surface area contributed by atoms with Gasteiger partial charge in [0.1, 0.15) is 11.4 Å². The molecule has 4 rings (SSSR count). The third-order valence-electron chi connectivity index (χ3n) is 10.9. The van der Waals surface area contributed by atoms with Crippen molar-refractivity contribution in [3.63, 3.8) is 0 Å². The van der Waals surface area contributed by atoms with Crippen LogP contribution < -0.4 is 0 Å². The Morgan fingerprint density at radius 2 is 1.64 bits per heavy atom. The lowest BCUT2D eigenvalue weighted by atomic mass is 9.47. The van der Waals surface area contributed by atoms with E-state index in [9.17, 15) is 5.11 Å². The van der Waals surface area contributed by atoms with Crippen LogP contribution in [-0.4, -0.2) is 25.1 Å². The van der Waals surface area contributed by atoms with Crippen molar-refractivity contribution >= 4 is 8.32 Å². The van der Waals surface area contributed by atoms with Crippen molar-refractivity contribution in [1.82, 2.24) is 0 Å². The highest BCUT2D eigenvalue weighted by atomic mass is 28.4. The number of aliphatic hydroxyl groups is 1. The Kier molecular flexibility index (Phi) is 6.24. The molecule has 0 aromatic rings. The van der Waals surface area contributed by atoms with Gasteiger partial charge in [0.15, 0.2) is 8.32 Å². The minimum absolute atomic E-state index is 0.0877. The molecule has 0 saturated heterocycles. The van der Waals surface area contributed by atoms with E-state index < -0.39 is 13.9 Å². The van der Waals surface area contributed by atoms with Crippen LogP contribution in [0.5, 0.6) is 0 Å². The third-order valence-corrected chi connectivity index (χ3v) is 15.4. The summed E-state index contributed by atoms with van der Waals surface area (Å²) in [5, 5.41) is 10.6. The zero-order chi connectivity index (χ0) is 24.6. The smallest absolute Gasteiger partial charge is 0.192 e. The quantitative estimate of drug-likeness (QED) is 0.328. The van der Waals surface area contributed by atoms with Crippen LogP contribution in [0.4, 0.5) is 4.39 Å². The van der Waals surface area contributed by atoms with Crippen LogP contribution in [0.15, 0.2) is 23.0 Å². The highest BCUT2D eigenvalue weighted by Crippen LogP contribution is 2.67. The molecule has 0 heterocycles. The average molecular weight is 477 g/mol. The van der Waals surface area contributed by atoms with E-state index in [2.05, 4.69) is 53.8 Å². The largest absolute Gasteiger partial charge is 0.414 e. The highest BCUT2D eigenvalue weighted by molar-refractivity contribution is 6.74. The Morgan fingerprint density at radius 3 is 2.24 bits per heavy atom. The van der Waals surface area contributed by atoms with Gasteiger partial charge in [-0.1, -0.05) is 46.3 Å². The second kappa shape index (κ2) is 8.03. The molecule has 1 N–H and O–H groups in total. The molecular weight excluding hydrogens is 427 g/mol. The number of hydrogen-bond acceptors (Lipinski definition) is 2. The van der Waals surface area contributed by atoms with Gasteiger partial charge < -0.3 is 9.53 Å². The van der Waals surface area contributed by atoms with Crippen molar-refractivity contribution in [2.45, 2.75) is 130 Å². The highest BCUT2D eigenvalue weighted by Gasteiger charge is 2.58. The maximum atomic E-state index is 15.3. The monoisotopic (exact) mass is 476 g/mol. The molecule has 0 radical (unpaired) electrons. The van der Waals surface area contributed by atoms with Crippen molar-refractivity contribution < 1.29 is 13.9 Å². The van der Waals surface area contributed by atoms with Crippen molar-refractivity contribution in [3.05, 3.63) is 23.0 Å². The number of hydrogen-bond donors (Lipinski definition) is 1. The van der Waals surface area contributed by atoms with Gasteiger partial charge in [-0.2, -0.15) is 0 Å². The Morgan fingerprint density at radius 1 is 1.03 bits per heavy atom. The Balaban J connectivity index is 1.56. The van der Waals surface area contributed by atoms with Crippen LogP contribution in [0.25, 0.3) is 0 Å². The minimum atomic E-state index is -1.76. The predicted molar refractivity (Wildman–Crippen MR) is 138 cm³/mol. The molecule has 2 nitrogen and oxygen atoms in total. The fourth-order valence-corrected chi connectivity index (χ4v) is 9.25. The predicted octanol–water partition coefficient (Wildman–Crippen LogP) is 8.33. The third kappa shape index (κ3) is 4.14. The van der Waals surface area contributed by atoms with E-state index in [1.165, 1.54) is 19.3 Å². The van der Waals surface area contributed by atoms with Gasteiger partial charge >= 0.3 is 0 Å². The molecule has 188 valence electrons. The second-order valence-electron chi connectivity index (χ2n) is 14.3. The minimum Gasteiger partial charge on any atom is -0.414 e. The Hall–Kier alpha value is -0.453. The van der Waals surface area contributed by atoms with Crippen LogP contribution >= 0.6 is 0 Å². The van der Waals surface area contributed by atoms with E-state index in [-0.39, 0.29) is 21.7 Å². The van der Waals surface area contributed by atoms with E-state index in [1.807, 2.05) is 0 Å². The first-order valence-corrected chi connectivity index (χ1v) is 16.4. The SMILES string of the molecule is CC(C)(O)C(F)=C1CCC2C3CC=C4C[C@@H](O[Si](C)(C)C(C)(C)C)CC[C@]4(C)C3CC[C@]12C. The Labute approximate surface area is 203 Å². The molecule has 0 aromatic heterocycles. The summed E-state index contributed by atoms with van der Waals surface area (Å²) in [4.78, 5) is 0. The molecular formula is C29H49FO2Si. The van der Waals surface area contributed by atoms with E-state index in [0.717, 1.165) is 37.7 Å². The molecule has 0 aromatic carbocycles. The fraction of sp³-hybridized carbons (Fsp3) is 0.862. The molecule has 0 spiro atoms. The molecule has 6 atom stereocenters. The summed E-state index contributed by atoms with van der Waals surface area (Å²) >= 11 is 0. The van der Waals surface area contributed by atoms with Crippen molar-refractivity contribution in [2.75, 3.05) is 0 Å². The van der Waals surface area contributed by atoms with Gasteiger partial charge in [0, 0.05) is 6.10 Å². The summed E-state index contributed by atoms with van der Waals surface area (Å²) in [5.41, 5.74) is 1.40. The number of allylic oxidation sites excluding steroid dienone is 2. The zero-order valence-electron chi connectivity index (χ0n) is 22.8. The molecule has 0 bridgehead atoms. The van der Waals surface area contributed by atoms with Crippen LogP contribution in [-0.2, 0) is 4.43 Å². The first kappa shape index (κ1) is 25.6. The lowest BCUT2D eigenvalue weighted by Gasteiger charge is -2.58. The van der Waals surface area contributed by atoms with Gasteiger partial charge in [0.2, 0.25) is 0 Å². The van der Waals surface area contributed by atoms with Gasteiger partial charge in [0.05, 0.1) is 0 Å². The van der Waals surface area contributed by atoms with Crippen molar-refractivity contribution in [2.24, 2.45) is 28.6 Å². The van der Waals surface area contributed by atoms with Crippen LogP contribution in [0.1, 0.15) is 99.8 Å². The van der Waals surface area contributed by atoms with E-state index in [1.54, 1.807) is 19.4 Å². The second-order valence-corrected chi connectivity index (χ2v) is 19.1. The van der Waals surface area contributed by atoms with E-state index in [4.69, 9.17) is 4.43 Å². The molecule has 4 heteroatoms. The first-order valence-electron chi connectivity index (χ1n) is 13.5. The summed E-state index contributed by atoms with van der Waals surface area (Å²) in [6.45, 7) is 19.8. The Bertz CT molecular complexity index is 845. The van der Waals surface area contributed by atoms with Gasteiger partial charge in [0.25, 0.3) is 0 Å². The molecule has 0 amide bonds. The van der Waals surface area contributed by atoms with Crippen molar-refractivity contribution in [1.29, 1.82) is 0 Å². The van der Waals surface area contributed by atoms with Gasteiger partial charge in [-0.05, 0) is 118 Å². The van der Waals surface area contributed by atoms with E-state index in [0.29, 0.717) is 23.9 Å². The lowest BCUT2D eigenvalue weighted by Crippen LogP contribution is -2.51. The average Bonchev–Trinajstić information content (AvgIpc) is 3.03. The van der Waals surface area contributed by atoms with Crippen LogP contribution in [0, 0.1) is 28.6 Å². The topological polar surface area (TPSA) is 29.5 Å².